The first-order chi connectivity index (χ1) is 16.7. The van der Waals surface area contributed by atoms with Gasteiger partial charge in [0.25, 0.3) is 5.91 Å². The van der Waals surface area contributed by atoms with E-state index in [0.717, 1.165) is 11.1 Å². The molecule has 2 aromatic carbocycles. The third kappa shape index (κ3) is 7.36. The molecule has 0 aliphatic carbocycles. The number of aromatic nitrogens is 2. The van der Waals surface area contributed by atoms with Gasteiger partial charge in [0, 0.05) is 23.7 Å². The summed E-state index contributed by atoms with van der Waals surface area (Å²) in [5, 5.41) is 6.04. The summed E-state index contributed by atoms with van der Waals surface area (Å²) in [7, 11) is 1.33. The van der Waals surface area contributed by atoms with E-state index in [2.05, 4.69) is 25.5 Å². The second kappa shape index (κ2) is 11.6. The van der Waals surface area contributed by atoms with Gasteiger partial charge in [0.05, 0.1) is 20.1 Å². The lowest BCUT2D eigenvalue weighted by Gasteiger charge is -2.16. The molecule has 1 amide bonds. The highest BCUT2D eigenvalue weighted by Gasteiger charge is 2.38. The number of amides is 1. The lowest BCUT2D eigenvalue weighted by atomic mass is 10.1. The van der Waals surface area contributed by atoms with Gasteiger partial charge in [0.15, 0.2) is 0 Å². The zero-order valence-electron chi connectivity index (χ0n) is 18.9. The number of ether oxygens (including phenoxy) is 1. The van der Waals surface area contributed by atoms with Crippen LogP contribution in [0.2, 0.25) is 0 Å². The molecule has 1 aromatic heterocycles. The van der Waals surface area contributed by atoms with Crippen molar-refractivity contribution in [2.24, 2.45) is 0 Å². The van der Waals surface area contributed by atoms with Gasteiger partial charge in [0.1, 0.15) is 0 Å². The van der Waals surface area contributed by atoms with Crippen LogP contribution in [0.15, 0.2) is 53.1 Å². The predicted octanol–water partition coefficient (Wildman–Crippen LogP) is 3.31. The van der Waals surface area contributed by atoms with E-state index in [-0.39, 0.29) is 48.9 Å². The summed E-state index contributed by atoms with van der Waals surface area (Å²) in [6.45, 7) is 2.25. The van der Waals surface area contributed by atoms with E-state index in [1.54, 1.807) is 6.92 Å². The molecule has 2 N–H and O–H groups in total. The van der Waals surface area contributed by atoms with E-state index in [4.69, 9.17) is 9.57 Å². The highest BCUT2D eigenvalue weighted by atomic mass is 19.4. The fraction of sp³-hybridized carbons (Fsp3) is 0.304. The summed E-state index contributed by atoms with van der Waals surface area (Å²) in [4.78, 5) is 32.7. The Morgan fingerprint density at radius 2 is 1.77 bits per heavy atom. The van der Waals surface area contributed by atoms with E-state index < -0.39 is 12.1 Å². The average molecular weight is 492 g/mol. The van der Waals surface area contributed by atoms with Crippen LogP contribution in [0.1, 0.15) is 34.3 Å². The fourth-order valence-electron chi connectivity index (χ4n) is 2.98. The van der Waals surface area contributed by atoms with Crippen molar-refractivity contribution in [1.29, 1.82) is 0 Å². The van der Waals surface area contributed by atoms with E-state index in [1.165, 1.54) is 31.4 Å². The van der Waals surface area contributed by atoms with Gasteiger partial charge in [-0.3, -0.25) is 14.4 Å². The Kier molecular flexibility index (Phi) is 8.55. The predicted molar refractivity (Wildman–Crippen MR) is 117 cm³/mol. The molecule has 1 heterocycles. The van der Waals surface area contributed by atoms with E-state index >= 15 is 0 Å². The maximum atomic E-state index is 12.6. The molecule has 9 nitrogen and oxygen atoms in total. The molecular formula is C23H23F3N4O5. The smallest absolute Gasteiger partial charge is 0.469 e. The Balaban J connectivity index is 1.46. The van der Waals surface area contributed by atoms with Crippen molar-refractivity contribution in [2.75, 3.05) is 13.7 Å². The number of rotatable bonds is 10. The number of halogens is 3. The van der Waals surface area contributed by atoms with Gasteiger partial charge in [-0.1, -0.05) is 41.6 Å². The molecule has 1 atom stereocenters. The van der Waals surface area contributed by atoms with Gasteiger partial charge in [-0.25, -0.2) is 0 Å². The highest BCUT2D eigenvalue weighted by Crippen LogP contribution is 2.29. The zero-order chi connectivity index (χ0) is 25.4. The fourth-order valence-corrected chi connectivity index (χ4v) is 2.98. The monoisotopic (exact) mass is 492 g/mol. The molecule has 0 aliphatic rings. The molecule has 0 aliphatic heterocycles. The largest absolute Gasteiger partial charge is 0.471 e. The first kappa shape index (κ1) is 25.8. The van der Waals surface area contributed by atoms with Crippen LogP contribution < -0.4 is 10.8 Å². The van der Waals surface area contributed by atoms with E-state index in [0.29, 0.717) is 5.56 Å². The Hall–Kier alpha value is -3.77. The van der Waals surface area contributed by atoms with Gasteiger partial charge < -0.3 is 14.6 Å². The second-order valence-electron chi connectivity index (χ2n) is 7.54. The summed E-state index contributed by atoms with van der Waals surface area (Å²) in [6.07, 6.45) is -4.59. The van der Waals surface area contributed by atoms with Crippen LogP contribution in [-0.2, 0) is 33.6 Å². The van der Waals surface area contributed by atoms with Crippen molar-refractivity contribution in [3.05, 3.63) is 71.1 Å². The minimum absolute atomic E-state index is 0.136. The first-order valence-corrected chi connectivity index (χ1v) is 10.5. The number of hydrogen-bond acceptors (Lipinski definition) is 8. The quantitative estimate of drug-likeness (QED) is 0.327. The van der Waals surface area contributed by atoms with Gasteiger partial charge in [-0.05, 0) is 30.2 Å². The number of nitrogens with one attached hydrogen (secondary N) is 2. The molecule has 3 aromatic rings. The topological polar surface area (TPSA) is 116 Å². The van der Waals surface area contributed by atoms with Gasteiger partial charge in [0.2, 0.25) is 5.82 Å². The molecular weight excluding hydrogens is 469 g/mol. The Morgan fingerprint density at radius 3 is 2.40 bits per heavy atom. The van der Waals surface area contributed by atoms with Crippen molar-refractivity contribution in [1.82, 2.24) is 20.9 Å². The van der Waals surface area contributed by atoms with Crippen LogP contribution in [0.5, 0.6) is 0 Å². The molecule has 0 saturated carbocycles. The van der Waals surface area contributed by atoms with Gasteiger partial charge in [-0.15, -0.1) is 0 Å². The SMILES string of the molecule is COC(=O)Cc1ccccc1CONC(C)CNC(=O)c1ccc(-c2noc(C(F)(F)F)n2)cc1. The third-order valence-corrected chi connectivity index (χ3v) is 4.84. The van der Waals surface area contributed by atoms with Crippen LogP contribution in [0.4, 0.5) is 13.2 Å². The lowest BCUT2D eigenvalue weighted by molar-refractivity contribution is -0.159. The number of carbonyl (C=O) groups excluding carboxylic acids is 2. The summed E-state index contributed by atoms with van der Waals surface area (Å²) in [5.41, 5.74) is 5.02. The third-order valence-electron chi connectivity index (χ3n) is 4.84. The molecule has 3 rings (SSSR count). The number of hydrogen-bond donors (Lipinski definition) is 2. The Morgan fingerprint density at radius 1 is 1.09 bits per heavy atom. The molecule has 186 valence electrons. The maximum Gasteiger partial charge on any atom is 0.471 e. The Bertz CT molecular complexity index is 1150. The number of benzene rings is 2. The molecule has 0 saturated heterocycles. The highest BCUT2D eigenvalue weighted by molar-refractivity contribution is 5.94. The van der Waals surface area contributed by atoms with Gasteiger partial charge in [-0.2, -0.15) is 23.6 Å². The van der Waals surface area contributed by atoms with Crippen LogP contribution in [0.3, 0.4) is 0 Å². The van der Waals surface area contributed by atoms with Crippen molar-refractivity contribution in [2.45, 2.75) is 32.2 Å². The van der Waals surface area contributed by atoms with Gasteiger partial charge >= 0.3 is 18.0 Å². The normalized spacial score (nSPS) is 12.3. The lowest BCUT2D eigenvalue weighted by Crippen LogP contribution is -2.38. The van der Waals surface area contributed by atoms with Crippen LogP contribution in [0.25, 0.3) is 11.4 Å². The number of alkyl halides is 3. The molecule has 0 fully saturated rings. The number of carbonyl (C=O) groups is 2. The van der Waals surface area contributed by atoms with Crippen molar-refractivity contribution in [3.63, 3.8) is 0 Å². The zero-order valence-corrected chi connectivity index (χ0v) is 18.9. The second-order valence-corrected chi connectivity index (χ2v) is 7.54. The standard InChI is InChI=1S/C23H23F3N4O5/c1-14(29-34-13-18-6-4-3-5-17(18)11-19(31)33-2)12-27-21(32)16-9-7-15(8-10-16)20-28-22(35-30-20)23(24,25)26/h3-10,14,29H,11-13H2,1-2H3,(H,27,32). The number of esters is 1. The van der Waals surface area contributed by atoms with Crippen LogP contribution in [-0.4, -0.2) is 41.7 Å². The summed E-state index contributed by atoms with van der Waals surface area (Å²) >= 11 is 0. The van der Waals surface area contributed by atoms with Crippen LogP contribution >= 0.6 is 0 Å². The molecule has 0 bridgehead atoms. The molecule has 12 heteroatoms. The summed E-state index contributed by atoms with van der Waals surface area (Å²) in [5.74, 6) is -2.40. The molecule has 0 radical (unpaired) electrons. The average Bonchev–Trinajstić information content (AvgIpc) is 3.35. The van der Waals surface area contributed by atoms with E-state index in [9.17, 15) is 22.8 Å². The number of methoxy groups -OCH3 is 1. The van der Waals surface area contributed by atoms with Crippen molar-refractivity contribution >= 4 is 11.9 Å². The summed E-state index contributed by atoms with van der Waals surface area (Å²) < 4.78 is 46.7. The number of hydroxylamine groups is 1. The van der Waals surface area contributed by atoms with Crippen molar-refractivity contribution in [3.8, 4) is 11.4 Å². The minimum Gasteiger partial charge on any atom is -0.469 e. The maximum absolute atomic E-state index is 12.6. The first-order valence-electron chi connectivity index (χ1n) is 10.5. The van der Waals surface area contributed by atoms with Crippen LogP contribution in [0, 0.1) is 0 Å². The van der Waals surface area contributed by atoms with Crippen molar-refractivity contribution < 1.29 is 36.9 Å². The molecule has 35 heavy (non-hydrogen) atoms. The Labute approximate surface area is 198 Å². The molecule has 1 unspecified atom stereocenters. The van der Waals surface area contributed by atoms with E-state index in [1.807, 2.05) is 24.3 Å². The minimum atomic E-state index is -4.73. The number of nitrogens with zero attached hydrogens (tertiary/aromatic N) is 2. The molecule has 0 spiro atoms. The summed E-state index contributed by atoms with van der Waals surface area (Å²) in [6, 6.07) is 12.8.